The lowest BCUT2D eigenvalue weighted by Crippen LogP contribution is -2.09. The maximum atomic E-state index is 10.0. The zero-order valence-electron chi connectivity index (χ0n) is 9.31. The summed E-state index contributed by atoms with van der Waals surface area (Å²) >= 11 is 11.6. The molecule has 0 aromatic carbocycles. The van der Waals surface area contributed by atoms with Gasteiger partial charge in [-0.1, -0.05) is 11.6 Å². The van der Waals surface area contributed by atoms with E-state index in [0.717, 1.165) is 0 Å². The van der Waals surface area contributed by atoms with Crippen molar-refractivity contribution >= 4 is 34.1 Å². The third-order valence-corrected chi connectivity index (χ3v) is 2.94. The lowest BCUT2D eigenvalue weighted by atomic mass is 10.3. The number of aromatic hydroxyl groups is 1. The summed E-state index contributed by atoms with van der Waals surface area (Å²) in [5.74, 6) is 0.00995. The van der Waals surface area contributed by atoms with E-state index in [1.807, 2.05) is 6.92 Å². The average Bonchev–Trinajstić information content (AvgIpc) is 2.57. The SMILES string of the molecule is COCC(C)n1cc2c(Cl)nc(Cl)nc2c1O. The number of nitrogens with zero attached hydrogens (tertiary/aromatic N) is 3. The van der Waals surface area contributed by atoms with Gasteiger partial charge in [0.25, 0.3) is 0 Å². The predicted octanol–water partition coefficient (Wildman–Crippen LogP) is 2.65. The predicted molar refractivity (Wildman–Crippen MR) is 65.8 cm³/mol. The largest absolute Gasteiger partial charge is 0.493 e. The van der Waals surface area contributed by atoms with E-state index in [1.165, 1.54) is 0 Å². The molecule has 17 heavy (non-hydrogen) atoms. The van der Waals surface area contributed by atoms with Gasteiger partial charge >= 0.3 is 0 Å². The first-order valence-corrected chi connectivity index (χ1v) is 5.71. The maximum Gasteiger partial charge on any atom is 0.224 e. The van der Waals surface area contributed by atoms with Crippen LogP contribution < -0.4 is 0 Å². The zero-order chi connectivity index (χ0) is 12.6. The monoisotopic (exact) mass is 275 g/mol. The summed E-state index contributed by atoms with van der Waals surface area (Å²) in [5.41, 5.74) is 0.345. The molecule has 2 aromatic rings. The van der Waals surface area contributed by atoms with Crippen LogP contribution in [0.15, 0.2) is 6.20 Å². The van der Waals surface area contributed by atoms with Gasteiger partial charge in [-0.05, 0) is 18.5 Å². The van der Waals surface area contributed by atoms with Gasteiger partial charge in [0, 0.05) is 13.3 Å². The Balaban J connectivity index is 2.60. The van der Waals surface area contributed by atoms with Crippen molar-refractivity contribution in [3.05, 3.63) is 16.6 Å². The Morgan fingerprint density at radius 3 is 2.82 bits per heavy atom. The number of aromatic nitrogens is 3. The van der Waals surface area contributed by atoms with Gasteiger partial charge in [-0.15, -0.1) is 0 Å². The molecule has 1 unspecified atom stereocenters. The molecule has 1 N–H and O–H groups in total. The molecule has 5 nitrogen and oxygen atoms in total. The molecule has 0 amide bonds. The van der Waals surface area contributed by atoms with Crippen molar-refractivity contribution in [2.24, 2.45) is 0 Å². The first-order valence-electron chi connectivity index (χ1n) is 4.96. The lowest BCUT2D eigenvalue weighted by molar-refractivity contribution is 0.158. The van der Waals surface area contributed by atoms with Crippen LogP contribution in [0.1, 0.15) is 13.0 Å². The summed E-state index contributed by atoms with van der Waals surface area (Å²) in [6, 6.07) is -0.0379. The Morgan fingerprint density at radius 1 is 1.47 bits per heavy atom. The summed E-state index contributed by atoms with van der Waals surface area (Å²) in [5, 5.41) is 10.8. The molecule has 0 radical (unpaired) electrons. The molecule has 0 fully saturated rings. The van der Waals surface area contributed by atoms with Crippen LogP contribution >= 0.6 is 23.2 Å². The molecule has 92 valence electrons. The molecule has 0 aliphatic rings. The van der Waals surface area contributed by atoms with E-state index in [2.05, 4.69) is 9.97 Å². The first-order chi connectivity index (χ1) is 8.04. The van der Waals surface area contributed by atoms with Crippen LogP contribution in [0, 0.1) is 0 Å². The number of hydrogen-bond donors (Lipinski definition) is 1. The Hall–Kier alpha value is -1.04. The van der Waals surface area contributed by atoms with Crippen LogP contribution in [-0.4, -0.2) is 33.4 Å². The minimum atomic E-state index is -0.0379. The normalized spacial score (nSPS) is 13.2. The van der Waals surface area contributed by atoms with Crippen LogP contribution in [0.3, 0.4) is 0 Å². The van der Waals surface area contributed by atoms with Gasteiger partial charge in [0.2, 0.25) is 11.2 Å². The summed E-state index contributed by atoms with van der Waals surface area (Å²) in [4.78, 5) is 7.78. The van der Waals surface area contributed by atoms with Gasteiger partial charge in [-0.25, -0.2) is 9.97 Å². The Bertz CT molecular complexity index is 556. The smallest absolute Gasteiger partial charge is 0.224 e. The highest BCUT2D eigenvalue weighted by Gasteiger charge is 2.17. The molecule has 2 aromatic heterocycles. The van der Waals surface area contributed by atoms with Crippen molar-refractivity contribution in [1.29, 1.82) is 0 Å². The van der Waals surface area contributed by atoms with Crippen molar-refractivity contribution < 1.29 is 9.84 Å². The second kappa shape index (κ2) is 4.68. The molecule has 0 aliphatic heterocycles. The van der Waals surface area contributed by atoms with Gasteiger partial charge in [0.15, 0.2) is 0 Å². The third-order valence-electron chi connectivity index (χ3n) is 2.48. The van der Waals surface area contributed by atoms with E-state index < -0.39 is 0 Å². The van der Waals surface area contributed by atoms with Gasteiger partial charge in [0.05, 0.1) is 18.0 Å². The fraction of sp³-hybridized carbons (Fsp3) is 0.400. The van der Waals surface area contributed by atoms with Crippen LogP contribution in [0.2, 0.25) is 10.4 Å². The summed E-state index contributed by atoms with van der Waals surface area (Å²) in [7, 11) is 1.60. The Kier molecular flexibility index (Phi) is 3.42. The number of rotatable bonds is 3. The lowest BCUT2D eigenvalue weighted by Gasteiger charge is -2.12. The van der Waals surface area contributed by atoms with E-state index in [1.54, 1.807) is 17.9 Å². The highest BCUT2D eigenvalue weighted by atomic mass is 35.5. The van der Waals surface area contributed by atoms with Gasteiger partial charge in [-0.3, -0.25) is 0 Å². The van der Waals surface area contributed by atoms with Crippen LogP contribution in [0.4, 0.5) is 0 Å². The van der Waals surface area contributed by atoms with Crippen molar-refractivity contribution in [3.8, 4) is 5.88 Å². The van der Waals surface area contributed by atoms with Crippen LogP contribution in [0.25, 0.3) is 10.9 Å². The van der Waals surface area contributed by atoms with Crippen LogP contribution in [0.5, 0.6) is 5.88 Å². The number of ether oxygens (including phenoxy) is 1. The Labute approximate surface area is 108 Å². The standard InChI is InChI=1S/C10H11Cl2N3O2/c1-5(4-17-2)15-3-6-7(9(15)16)13-10(12)14-8(6)11/h3,5,16H,4H2,1-2H3. The molecule has 0 spiro atoms. The average molecular weight is 276 g/mol. The van der Waals surface area contributed by atoms with Crippen molar-refractivity contribution in [2.45, 2.75) is 13.0 Å². The summed E-state index contributed by atoms with van der Waals surface area (Å²) < 4.78 is 6.67. The van der Waals surface area contributed by atoms with E-state index in [4.69, 9.17) is 27.9 Å². The molecule has 7 heteroatoms. The highest BCUT2D eigenvalue weighted by Crippen LogP contribution is 2.32. The quantitative estimate of drug-likeness (QED) is 0.691. The molecule has 1 atom stereocenters. The van der Waals surface area contributed by atoms with Crippen molar-refractivity contribution in [2.75, 3.05) is 13.7 Å². The summed E-state index contributed by atoms with van der Waals surface area (Å²) in [6.45, 7) is 2.37. The number of halogens is 2. The molecule has 0 aliphatic carbocycles. The second-order valence-electron chi connectivity index (χ2n) is 3.71. The topological polar surface area (TPSA) is 60.2 Å². The molecule has 0 saturated heterocycles. The third kappa shape index (κ3) is 2.18. The summed E-state index contributed by atoms with van der Waals surface area (Å²) in [6.07, 6.45) is 1.69. The van der Waals surface area contributed by atoms with E-state index >= 15 is 0 Å². The molecule has 0 saturated carbocycles. The second-order valence-corrected chi connectivity index (χ2v) is 4.41. The maximum absolute atomic E-state index is 10.0. The van der Waals surface area contributed by atoms with Gasteiger partial charge in [-0.2, -0.15) is 0 Å². The van der Waals surface area contributed by atoms with E-state index in [0.29, 0.717) is 17.5 Å². The molecular weight excluding hydrogens is 265 g/mol. The van der Waals surface area contributed by atoms with Crippen LogP contribution in [-0.2, 0) is 4.74 Å². The fourth-order valence-corrected chi connectivity index (χ4v) is 2.11. The van der Waals surface area contributed by atoms with E-state index in [-0.39, 0.29) is 22.4 Å². The minimum Gasteiger partial charge on any atom is -0.493 e. The van der Waals surface area contributed by atoms with Crippen molar-refractivity contribution in [3.63, 3.8) is 0 Å². The zero-order valence-corrected chi connectivity index (χ0v) is 10.8. The number of hydrogen-bond acceptors (Lipinski definition) is 4. The first kappa shape index (κ1) is 12.4. The fourth-order valence-electron chi connectivity index (χ4n) is 1.68. The van der Waals surface area contributed by atoms with E-state index in [9.17, 15) is 5.11 Å². The number of fused-ring (bicyclic) bond motifs is 1. The number of methoxy groups -OCH3 is 1. The molecule has 2 heterocycles. The van der Waals surface area contributed by atoms with Gasteiger partial charge < -0.3 is 14.4 Å². The Morgan fingerprint density at radius 2 is 2.18 bits per heavy atom. The minimum absolute atomic E-state index is 0.00921. The van der Waals surface area contributed by atoms with Gasteiger partial charge in [0.1, 0.15) is 10.7 Å². The molecule has 2 rings (SSSR count). The molecule has 0 bridgehead atoms. The highest BCUT2D eigenvalue weighted by molar-refractivity contribution is 6.35. The molecular formula is C10H11Cl2N3O2. The van der Waals surface area contributed by atoms with Crippen molar-refractivity contribution in [1.82, 2.24) is 14.5 Å².